The highest BCUT2D eigenvalue weighted by Gasteiger charge is 2.23. The van der Waals surface area contributed by atoms with Gasteiger partial charge in [-0.2, -0.15) is 0 Å². The third-order valence-corrected chi connectivity index (χ3v) is 2.95. The Kier molecular flexibility index (Phi) is 4.44. The molecule has 14 heavy (non-hydrogen) atoms. The Morgan fingerprint density at radius 1 is 1.36 bits per heavy atom. The molecule has 0 aromatic carbocycles. The van der Waals surface area contributed by atoms with E-state index >= 15 is 0 Å². The molecule has 1 aliphatic heterocycles. The maximum absolute atomic E-state index is 9.02. The molecule has 0 unspecified atom stereocenters. The lowest BCUT2D eigenvalue weighted by atomic mass is 9.98. The molecule has 1 rings (SSSR count). The first-order valence-corrected chi connectivity index (χ1v) is 5.53. The van der Waals surface area contributed by atoms with Crippen molar-refractivity contribution in [3.63, 3.8) is 0 Å². The number of nitrogens with zero attached hydrogens (tertiary/aromatic N) is 1. The molecule has 0 aromatic rings. The van der Waals surface area contributed by atoms with E-state index in [1.165, 1.54) is 19.3 Å². The molecule has 0 aromatic heterocycles. The molecule has 80 valence electrons. The standard InChI is InChI=1S/C12H21NO/c1-10-6-4-7-11(2)13(10)9-5-8-12(3)14/h10-12,14H,4,6-7,9H2,1-3H3/t10-,11-,12-/m1/s1. The summed E-state index contributed by atoms with van der Waals surface area (Å²) >= 11 is 0. The van der Waals surface area contributed by atoms with Gasteiger partial charge in [-0.25, -0.2) is 0 Å². The van der Waals surface area contributed by atoms with Crippen LogP contribution in [0.3, 0.4) is 0 Å². The van der Waals surface area contributed by atoms with Crippen molar-refractivity contribution < 1.29 is 5.11 Å². The van der Waals surface area contributed by atoms with Crippen LogP contribution >= 0.6 is 0 Å². The van der Waals surface area contributed by atoms with Gasteiger partial charge in [0.1, 0.15) is 6.10 Å². The van der Waals surface area contributed by atoms with Gasteiger partial charge in [0.2, 0.25) is 0 Å². The molecule has 2 heteroatoms. The number of rotatable bonds is 1. The molecule has 0 radical (unpaired) electrons. The zero-order valence-electron chi connectivity index (χ0n) is 9.45. The first kappa shape index (κ1) is 11.6. The van der Waals surface area contributed by atoms with E-state index in [1.54, 1.807) is 6.92 Å². The number of hydrogen-bond donors (Lipinski definition) is 1. The summed E-state index contributed by atoms with van der Waals surface area (Å²) in [6.45, 7) is 7.03. The van der Waals surface area contributed by atoms with Gasteiger partial charge in [0, 0.05) is 12.1 Å². The fourth-order valence-corrected chi connectivity index (χ4v) is 2.07. The van der Waals surface area contributed by atoms with Gasteiger partial charge in [-0.05, 0) is 33.6 Å². The highest BCUT2D eigenvalue weighted by molar-refractivity contribution is 5.06. The van der Waals surface area contributed by atoms with Crippen molar-refractivity contribution in [2.75, 3.05) is 6.54 Å². The normalized spacial score (nSPS) is 30.6. The number of likely N-dealkylation sites (tertiary alicyclic amines) is 1. The topological polar surface area (TPSA) is 23.5 Å². The van der Waals surface area contributed by atoms with Crippen molar-refractivity contribution in [3.05, 3.63) is 0 Å². The second kappa shape index (κ2) is 5.38. The Balaban J connectivity index is 2.45. The summed E-state index contributed by atoms with van der Waals surface area (Å²) < 4.78 is 0. The van der Waals surface area contributed by atoms with Crippen LogP contribution in [0.1, 0.15) is 40.0 Å². The SMILES string of the molecule is C[C@@H]1CCC[C@@H](C)N1CC#C[C@@H](C)O. The molecule has 3 atom stereocenters. The largest absolute Gasteiger partial charge is 0.381 e. The van der Waals surface area contributed by atoms with E-state index in [4.69, 9.17) is 5.11 Å². The van der Waals surface area contributed by atoms with E-state index in [0.29, 0.717) is 12.1 Å². The Bertz CT molecular complexity index is 216. The van der Waals surface area contributed by atoms with E-state index in [1.807, 2.05) is 0 Å². The van der Waals surface area contributed by atoms with Crippen LogP contribution in [0, 0.1) is 11.8 Å². The number of aliphatic hydroxyl groups excluding tert-OH is 1. The third kappa shape index (κ3) is 3.32. The summed E-state index contributed by atoms with van der Waals surface area (Å²) in [6.07, 6.45) is 3.40. The zero-order chi connectivity index (χ0) is 10.6. The average Bonchev–Trinajstić information content (AvgIpc) is 2.09. The molecule has 1 aliphatic rings. The lowest BCUT2D eigenvalue weighted by Crippen LogP contribution is -2.43. The van der Waals surface area contributed by atoms with Crippen LogP contribution in [0.4, 0.5) is 0 Å². The molecule has 0 spiro atoms. The van der Waals surface area contributed by atoms with Gasteiger partial charge >= 0.3 is 0 Å². The summed E-state index contributed by atoms with van der Waals surface area (Å²) in [5, 5.41) is 9.02. The minimum Gasteiger partial charge on any atom is -0.381 e. The molecule has 2 nitrogen and oxygen atoms in total. The lowest BCUT2D eigenvalue weighted by molar-refractivity contribution is 0.121. The highest BCUT2D eigenvalue weighted by Crippen LogP contribution is 2.21. The smallest absolute Gasteiger partial charge is 0.112 e. The number of hydrogen-bond acceptors (Lipinski definition) is 2. The maximum Gasteiger partial charge on any atom is 0.112 e. The predicted molar refractivity (Wildman–Crippen MR) is 58.9 cm³/mol. The maximum atomic E-state index is 9.02. The monoisotopic (exact) mass is 195 g/mol. The molecular weight excluding hydrogens is 174 g/mol. The molecule has 0 bridgehead atoms. The number of piperidine rings is 1. The predicted octanol–water partition coefficient (Wildman–Crippen LogP) is 1.63. The highest BCUT2D eigenvalue weighted by atomic mass is 16.3. The Hall–Kier alpha value is -0.520. The van der Waals surface area contributed by atoms with Crippen molar-refractivity contribution >= 4 is 0 Å². The third-order valence-electron chi connectivity index (χ3n) is 2.95. The second-order valence-corrected chi connectivity index (χ2v) is 4.30. The Morgan fingerprint density at radius 3 is 2.43 bits per heavy atom. The summed E-state index contributed by atoms with van der Waals surface area (Å²) in [7, 11) is 0. The van der Waals surface area contributed by atoms with E-state index in [2.05, 4.69) is 30.6 Å². The van der Waals surface area contributed by atoms with E-state index in [9.17, 15) is 0 Å². The number of aliphatic hydroxyl groups is 1. The first-order valence-electron chi connectivity index (χ1n) is 5.53. The van der Waals surface area contributed by atoms with Crippen LogP contribution < -0.4 is 0 Å². The van der Waals surface area contributed by atoms with E-state index in [0.717, 1.165) is 6.54 Å². The van der Waals surface area contributed by atoms with E-state index in [-0.39, 0.29) is 0 Å². The van der Waals surface area contributed by atoms with Gasteiger partial charge in [0.05, 0.1) is 6.54 Å². The molecule has 1 N–H and O–H groups in total. The fraction of sp³-hybridized carbons (Fsp3) is 0.833. The van der Waals surface area contributed by atoms with Crippen molar-refractivity contribution in [3.8, 4) is 11.8 Å². The first-order chi connectivity index (χ1) is 6.61. The van der Waals surface area contributed by atoms with Crippen LogP contribution in [0.15, 0.2) is 0 Å². The second-order valence-electron chi connectivity index (χ2n) is 4.30. The van der Waals surface area contributed by atoms with Gasteiger partial charge in [-0.1, -0.05) is 18.3 Å². The molecule has 0 amide bonds. The molecule has 0 saturated carbocycles. The summed E-state index contributed by atoms with van der Waals surface area (Å²) in [5.41, 5.74) is 0. The van der Waals surface area contributed by atoms with Crippen molar-refractivity contribution in [2.24, 2.45) is 0 Å². The molecule has 1 fully saturated rings. The van der Waals surface area contributed by atoms with Gasteiger partial charge in [-0.15, -0.1) is 0 Å². The van der Waals surface area contributed by atoms with Crippen LogP contribution in [-0.4, -0.2) is 34.7 Å². The molecular formula is C12H21NO. The van der Waals surface area contributed by atoms with Crippen molar-refractivity contribution in [1.29, 1.82) is 0 Å². The summed E-state index contributed by atoms with van der Waals surface area (Å²) in [4.78, 5) is 2.43. The Morgan fingerprint density at radius 2 is 1.93 bits per heavy atom. The van der Waals surface area contributed by atoms with Gasteiger partial charge in [-0.3, -0.25) is 4.90 Å². The van der Waals surface area contributed by atoms with Gasteiger partial charge < -0.3 is 5.11 Å². The summed E-state index contributed by atoms with van der Waals surface area (Å²) in [5.74, 6) is 5.84. The van der Waals surface area contributed by atoms with E-state index < -0.39 is 6.10 Å². The fourth-order valence-electron chi connectivity index (χ4n) is 2.07. The molecule has 0 aliphatic carbocycles. The van der Waals surface area contributed by atoms with Crippen LogP contribution in [-0.2, 0) is 0 Å². The van der Waals surface area contributed by atoms with Crippen LogP contribution in [0.5, 0.6) is 0 Å². The molecule has 1 saturated heterocycles. The average molecular weight is 195 g/mol. The minimum absolute atomic E-state index is 0.495. The van der Waals surface area contributed by atoms with Crippen molar-refractivity contribution in [1.82, 2.24) is 4.90 Å². The van der Waals surface area contributed by atoms with Crippen LogP contribution in [0.2, 0.25) is 0 Å². The quantitative estimate of drug-likeness (QED) is 0.643. The van der Waals surface area contributed by atoms with Gasteiger partial charge in [0.25, 0.3) is 0 Å². The summed E-state index contributed by atoms with van der Waals surface area (Å²) in [6, 6.07) is 1.28. The van der Waals surface area contributed by atoms with Gasteiger partial charge in [0.15, 0.2) is 0 Å². The lowest BCUT2D eigenvalue weighted by Gasteiger charge is -2.37. The molecule has 1 heterocycles. The van der Waals surface area contributed by atoms with Crippen molar-refractivity contribution in [2.45, 2.75) is 58.2 Å². The minimum atomic E-state index is -0.495. The Labute approximate surface area is 87.3 Å². The zero-order valence-corrected chi connectivity index (χ0v) is 9.45. The van der Waals surface area contributed by atoms with Crippen LogP contribution in [0.25, 0.3) is 0 Å².